The van der Waals surface area contributed by atoms with E-state index in [1.54, 1.807) is 18.2 Å². The number of hydrogen-bond donors (Lipinski definition) is 1. The Hall–Kier alpha value is -1.96. The minimum absolute atomic E-state index is 0.583. The van der Waals surface area contributed by atoms with Crippen LogP contribution in [0.1, 0.15) is 10.8 Å². The van der Waals surface area contributed by atoms with Gasteiger partial charge in [-0.05, 0) is 29.0 Å². The first-order chi connectivity index (χ1) is 9.63. The van der Waals surface area contributed by atoms with Crippen LogP contribution in [0.25, 0.3) is 11.1 Å². The van der Waals surface area contributed by atoms with Crippen LogP contribution in [0.3, 0.4) is 0 Å². The highest BCUT2D eigenvalue weighted by atomic mass is 35.5. The van der Waals surface area contributed by atoms with Gasteiger partial charge in [0.15, 0.2) is 0 Å². The van der Waals surface area contributed by atoms with Crippen molar-refractivity contribution in [1.29, 1.82) is 5.26 Å². The molecule has 0 bridgehead atoms. The first kappa shape index (κ1) is 14.4. The van der Waals surface area contributed by atoms with Gasteiger partial charge in [-0.25, -0.2) is 0 Å². The molecule has 2 rings (SSSR count). The van der Waals surface area contributed by atoms with Crippen molar-refractivity contribution in [3.8, 4) is 16.5 Å². The maximum Gasteiger partial charge on any atom is 0.322 e. The number of nitrogens with zero attached hydrogens (tertiary/aromatic N) is 1. The lowest BCUT2D eigenvalue weighted by Crippen LogP contribution is -2.07. The van der Waals surface area contributed by atoms with E-state index in [2.05, 4.69) is 0 Å². The lowest BCUT2D eigenvalue weighted by molar-refractivity contribution is -0.136. The zero-order chi connectivity index (χ0) is 14.5. The number of halogens is 1. The van der Waals surface area contributed by atoms with Gasteiger partial charge in [-0.1, -0.05) is 54.1 Å². The molecular formula is C15H10ClNO2S. The van der Waals surface area contributed by atoms with Crippen molar-refractivity contribution in [3.63, 3.8) is 0 Å². The highest BCUT2D eigenvalue weighted by molar-refractivity contribution is 8.04. The second kappa shape index (κ2) is 6.47. The minimum atomic E-state index is -1.03. The number of nitriles is 1. The van der Waals surface area contributed by atoms with Gasteiger partial charge in [-0.3, -0.25) is 4.79 Å². The van der Waals surface area contributed by atoms with Crippen LogP contribution in [-0.4, -0.2) is 11.1 Å². The van der Waals surface area contributed by atoms with E-state index in [9.17, 15) is 4.79 Å². The monoisotopic (exact) mass is 303 g/mol. The molecule has 0 aliphatic rings. The van der Waals surface area contributed by atoms with Gasteiger partial charge in [0.1, 0.15) is 10.7 Å². The quantitative estimate of drug-likeness (QED) is 0.853. The molecule has 2 aromatic rings. The summed E-state index contributed by atoms with van der Waals surface area (Å²) in [4.78, 5) is 11.1. The molecule has 5 heteroatoms. The molecule has 20 heavy (non-hydrogen) atoms. The van der Waals surface area contributed by atoms with Crippen molar-refractivity contribution in [2.45, 2.75) is 5.25 Å². The molecule has 2 aromatic carbocycles. The van der Waals surface area contributed by atoms with E-state index in [-0.39, 0.29) is 0 Å². The Morgan fingerprint density at radius 2 is 1.85 bits per heavy atom. The lowest BCUT2D eigenvalue weighted by Gasteiger charge is -2.10. The minimum Gasteiger partial charge on any atom is -0.480 e. The molecule has 0 aromatic heterocycles. The Labute approximate surface area is 125 Å². The van der Waals surface area contributed by atoms with Gasteiger partial charge in [0.25, 0.3) is 0 Å². The first-order valence-corrected chi connectivity index (χ1v) is 7.01. The third kappa shape index (κ3) is 3.13. The van der Waals surface area contributed by atoms with Crippen LogP contribution in [0.4, 0.5) is 0 Å². The molecule has 1 atom stereocenters. The summed E-state index contributed by atoms with van der Waals surface area (Å²) >= 11 is 6.84. The number of benzene rings is 2. The number of thiocyanates is 1. The Morgan fingerprint density at radius 3 is 2.40 bits per heavy atom. The number of rotatable bonds is 4. The zero-order valence-corrected chi connectivity index (χ0v) is 11.9. The summed E-state index contributed by atoms with van der Waals surface area (Å²) in [6.45, 7) is 0. The predicted molar refractivity (Wildman–Crippen MR) is 80.5 cm³/mol. The van der Waals surface area contributed by atoms with Crippen LogP contribution in [0.15, 0.2) is 48.5 Å². The molecule has 0 aliphatic heterocycles. The summed E-state index contributed by atoms with van der Waals surface area (Å²) in [7, 11) is 0. The summed E-state index contributed by atoms with van der Waals surface area (Å²) in [6.07, 6.45) is 0. The fourth-order valence-electron chi connectivity index (χ4n) is 1.85. The van der Waals surface area contributed by atoms with Gasteiger partial charge in [0.05, 0.1) is 0 Å². The van der Waals surface area contributed by atoms with Gasteiger partial charge in [0, 0.05) is 10.6 Å². The van der Waals surface area contributed by atoms with E-state index < -0.39 is 11.2 Å². The van der Waals surface area contributed by atoms with Gasteiger partial charge in [-0.15, -0.1) is 0 Å². The number of carbonyl (C=O) groups is 1. The van der Waals surface area contributed by atoms with Crippen molar-refractivity contribution in [2.24, 2.45) is 0 Å². The second-order valence-electron chi connectivity index (χ2n) is 4.03. The summed E-state index contributed by atoms with van der Waals surface area (Å²) in [5, 5.41) is 19.3. The fraction of sp³-hybridized carbons (Fsp3) is 0.0667. The van der Waals surface area contributed by atoms with E-state index in [0.29, 0.717) is 10.6 Å². The smallest absolute Gasteiger partial charge is 0.322 e. The van der Waals surface area contributed by atoms with E-state index in [0.717, 1.165) is 22.9 Å². The highest BCUT2D eigenvalue weighted by Crippen LogP contribution is 2.32. The Balaban J connectivity index is 2.33. The van der Waals surface area contributed by atoms with Crippen molar-refractivity contribution in [2.75, 3.05) is 0 Å². The number of hydrogen-bond acceptors (Lipinski definition) is 3. The van der Waals surface area contributed by atoms with Crippen LogP contribution in [-0.2, 0) is 4.79 Å². The summed E-state index contributed by atoms with van der Waals surface area (Å²) in [5.74, 6) is -1.03. The molecule has 100 valence electrons. The molecule has 0 saturated heterocycles. The summed E-state index contributed by atoms with van der Waals surface area (Å²) in [6, 6.07) is 14.5. The third-order valence-corrected chi connectivity index (χ3v) is 3.94. The van der Waals surface area contributed by atoms with Crippen LogP contribution < -0.4 is 0 Å². The topological polar surface area (TPSA) is 61.1 Å². The van der Waals surface area contributed by atoms with E-state index >= 15 is 0 Å². The Bertz CT molecular complexity index is 664. The molecule has 0 radical (unpaired) electrons. The molecule has 0 saturated carbocycles. The molecular weight excluding hydrogens is 294 g/mol. The molecule has 0 heterocycles. The summed E-state index contributed by atoms with van der Waals surface area (Å²) < 4.78 is 0. The summed E-state index contributed by atoms with van der Waals surface area (Å²) in [5.41, 5.74) is 2.38. The first-order valence-electron chi connectivity index (χ1n) is 5.76. The fourth-order valence-corrected chi connectivity index (χ4v) is 2.59. The third-order valence-electron chi connectivity index (χ3n) is 2.79. The van der Waals surface area contributed by atoms with Crippen molar-refractivity contribution in [1.82, 2.24) is 0 Å². The van der Waals surface area contributed by atoms with Crippen LogP contribution in [0.5, 0.6) is 0 Å². The highest BCUT2D eigenvalue weighted by Gasteiger charge is 2.20. The number of carboxylic acids is 1. The van der Waals surface area contributed by atoms with E-state index in [4.69, 9.17) is 22.0 Å². The van der Waals surface area contributed by atoms with Crippen molar-refractivity contribution >= 4 is 29.3 Å². The maximum atomic E-state index is 11.1. The lowest BCUT2D eigenvalue weighted by atomic mass is 10.0. The molecule has 0 aliphatic carbocycles. The van der Waals surface area contributed by atoms with Gasteiger partial charge >= 0.3 is 5.97 Å². The van der Waals surface area contributed by atoms with Gasteiger partial charge in [0.2, 0.25) is 0 Å². The number of aliphatic carboxylic acids is 1. The zero-order valence-electron chi connectivity index (χ0n) is 10.3. The standard InChI is InChI=1S/C15H10ClNO2S/c16-13-4-2-1-3-12(13)10-5-7-11(8-6-10)14(15(18)19)20-9-17/h1-8,14H,(H,18,19). The van der Waals surface area contributed by atoms with E-state index in [1.807, 2.05) is 35.7 Å². The normalized spacial score (nSPS) is 11.6. The largest absolute Gasteiger partial charge is 0.480 e. The van der Waals surface area contributed by atoms with Crippen molar-refractivity contribution in [3.05, 3.63) is 59.1 Å². The van der Waals surface area contributed by atoms with Gasteiger partial charge in [-0.2, -0.15) is 5.26 Å². The average molecular weight is 304 g/mol. The predicted octanol–water partition coefficient (Wildman–Crippen LogP) is 4.35. The van der Waals surface area contributed by atoms with Crippen LogP contribution in [0.2, 0.25) is 5.02 Å². The molecule has 0 fully saturated rings. The second-order valence-corrected chi connectivity index (χ2v) is 5.33. The van der Waals surface area contributed by atoms with Crippen LogP contribution >= 0.6 is 23.4 Å². The average Bonchev–Trinajstić information content (AvgIpc) is 2.45. The molecule has 0 spiro atoms. The van der Waals surface area contributed by atoms with Crippen LogP contribution in [0, 0.1) is 10.7 Å². The molecule has 1 unspecified atom stereocenters. The number of carboxylic acid groups (broad SMARTS) is 1. The molecule has 3 nitrogen and oxygen atoms in total. The van der Waals surface area contributed by atoms with Gasteiger partial charge < -0.3 is 5.11 Å². The molecule has 1 N–H and O–H groups in total. The maximum absolute atomic E-state index is 11.1. The van der Waals surface area contributed by atoms with Crippen molar-refractivity contribution < 1.29 is 9.90 Å². The van der Waals surface area contributed by atoms with E-state index in [1.165, 1.54) is 0 Å². The number of thioether (sulfide) groups is 1. The molecule has 0 amide bonds. The SMILES string of the molecule is N#CSC(C(=O)O)c1ccc(-c2ccccc2Cl)cc1. The Morgan fingerprint density at radius 1 is 1.20 bits per heavy atom. The Kier molecular flexibility index (Phi) is 4.67.